The van der Waals surface area contributed by atoms with Crippen molar-refractivity contribution in [1.82, 2.24) is 15.5 Å². The first kappa shape index (κ1) is 12.4. The molecule has 3 nitrogen and oxygen atoms in total. The number of halogens is 2. The quantitative estimate of drug-likeness (QED) is 0.929. The van der Waals surface area contributed by atoms with Crippen LogP contribution in [0.1, 0.15) is 11.9 Å². The highest BCUT2D eigenvalue weighted by atomic mass is 35.5. The molecule has 0 radical (unpaired) electrons. The summed E-state index contributed by atoms with van der Waals surface area (Å²) in [6.07, 6.45) is 0. The first-order valence-electron chi connectivity index (χ1n) is 5.20. The highest BCUT2D eigenvalue weighted by Gasteiger charge is 2.14. The summed E-state index contributed by atoms with van der Waals surface area (Å²) in [7, 11) is 0. The number of benzene rings is 1. The molecule has 1 heterocycles. The van der Waals surface area contributed by atoms with Crippen LogP contribution in [0.2, 0.25) is 5.02 Å². The Morgan fingerprint density at radius 2 is 2.24 bits per heavy atom. The van der Waals surface area contributed by atoms with E-state index in [1.807, 2.05) is 6.92 Å². The zero-order valence-corrected chi connectivity index (χ0v) is 10.8. The normalized spacial score (nSPS) is 10.8. The average molecular weight is 272 g/mol. The zero-order valence-electron chi connectivity index (χ0n) is 9.20. The largest absolute Gasteiger partial charge is 0.311 e. The van der Waals surface area contributed by atoms with E-state index in [0.29, 0.717) is 22.1 Å². The minimum absolute atomic E-state index is 0.328. The van der Waals surface area contributed by atoms with E-state index in [9.17, 15) is 4.39 Å². The second-order valence-corrected chi connectivity index (χ2v) is 4.85. The molecule has 0 bridgehead atoms. The van der Waals surface area contributed by atoms with Crippen LogP contribution in [-0.2, 0) is 6.54 Å². The maximum atomic E-state index is 13.6. The third kappa shape index (κ3) is 2.80. The fourth-order valence-corrected chi connectivity index (χ4v) is 2.54. The van der Waals surface area contributed by atoms with Crippen LogP contribution in [0.25, 0.3) is 10.6 Å². The molecule has 1 aromatic carbocycles. The van der Waals surface area contributed by atoms with Crippen molar-refractivity contribution < 1.29 is 4.39 Å². The maximum absolute atomic E-state index is 13.6. The minimum Gasteiger partial charge on any atom is -0.311 e. The second-order valence-electron chi connectivity index (χ2n) is 3.38. The summed E-state index contributed by atoms with van der Waals surface area (Å²) >= 11 is 7.31. The van der Waals surface area contributed by atoms with Gasteiger partial charge in [0.05, 0.1) is 10.6 Å². The van der Waals surface area contributed by atoms with Gasteiger partial charge in [-0.1, -0.05) is 35.9 Å². The average Bonchev–Trinajstić information content (AvgIpc) is 2.75. The highest BCUT2D eigenvalue weighted by molar-refractivity contribution is 7.14. The van der Waals surface area contributed by atoms with Gasteiger partial charge in [0.25, 0.3) is 0 Å². The molecule has 0 saturated heterocycles. The van der Waals surface area contributed by atoms with Crippen molar-refractivity contribution >= 4 is 22.9 Å². The van der Waals surface area contributed by atoms with Crippen LogP contribution in [0.15, 0.2) is 18.2 Å². The van der Waals surface area contributed by atoms with Crippen LogP contribution in [0.5, 0.6) is 0 Å². The van der Waals surface area contributed by atoms with E-state index in [4.69, 9.17) is 11.6 Å². The molecule has 0 aliphatic heterocycles. The summed E-state index contributed by atoms with van der Waals surface area (Å²) in [6, 6.07) is 4.58. The van der Waals surface area contributed by atoms with Crippen molar-refractivity contribution in [2.24, 2.45) is 0 Å². The number of hydrogen-bond acceptors (Lipinski definition) is 4. The van der Waals surface area contributed by atoms with Crippen molar-refractivity contribution in [2.45, 2.75) is 13.5 Å². The molecule has 1 aromatic heterocycles. The Balaban J connectivity index is 2.30. The molecule has 17 heavy (non-hydrogen) atoms. The Morgan fingerprint density at radius 3 is 2.94 bits per heavy atom. The molecule has 6 heteroatoms. The van der Waals surface area contributed by atoms with Crippen molar-refractivity contribution in [3.63, 3.8) is 0 Å². The van der Waals surface area contributed by atoms with Gasteiger partial charge in [-0.15, -0.1) is 10.2 Å². The summed E-state index contributed by atoms with van der Waals surface area (Å²) in [4.78, 5) is 0. The summed E-state index contributed by atoms with van der Waals surface area (Å²) < 4.78 is 13.6. The third-order valence-electron chi connectivity index (χ3n) is 2.17. The van der Waals surface area contributed by atoms with Gasteiger partial charge >= 0.3 is 0 Å². The SMILES string of the molecule is CCNCc1nnc(-c2c(F)cccc2Cl)s1. The van der Waals surface area contributed by atoms with Crippen LogP contribution in [0.3, 0.4) is 0 Å². The summed E-state index contributed by atoms with van der Waals surface area (Å²) in [5.41, 5.74) is 0.328. The van der Waals surface area contributed by atoms with Gasteiger partial charge in [-0.05, 0) is 18.7 Å². The van der Waals surface area contributed by atoms with Crippen LogP contribution < -0.4 is 5.32 Å². The maximum Gasteiger partial charge on any atom is 0.152 e. The predicted molar refractivity (Wildman–Crippen MR) is 67.7 cm³/mol. The fourth-order valence-electron chi connectivity index (χ4n) is 1.36. The van der Waals surface area contributed by atoms with Gasteiger partial charge in [0.2, 0.25) is 0 Å². The smallest absolute Gasteiger partial charge is 0.152 e. The highest BCUT2D eigenvalue weighted by Crippen LogP contribution is 2.32. The van der Waals surface area contributed by atoms with Crippen molar-refractivity contribution in [3.05, 3.63) is 34.0 Å². The first-order chi connectivity index (χ1) is 8.22. The number of rotatable bonds is 4. The molecule has 0 unspecified atom stereocenters. The lowest BCUT2D eigenvalue weighted by atomic mass is 10.2. The monoisotopic (exact) mass is 271 g/mol. The first-order valence-corrected chi connectivity index (χ1v) is 6.39. The molecular weight excluding hydrogens is 261 g/mol. The Bertz CT molecular complexity index is 495. The molecule has 0 spiro atoms. The summed E-state index contributed by atoms with van der Waals surface area (Å²) in [6.45, 7) is 3.51. The van der Waals surface area contributed by atoms with Gasteiger partial charge in [0.1, 0.15) is 10.8 Å². The van der Waals surface area contributed by atoms with E-state index in [1.165, 1.54) is 17.4 Å². The molecule has 0 aliphatic rings. The lowest BCUT2D eigenvalue weighted by Gasteiger charge is -2.00. The molecule has 0 amide bonds. The third-order valence-corrected chi connectivity index (χ3v) is 3.43. The molecule has 1 N–H and O–H groups in total. The van der Waals surface area contributed by atoms with E-state index in [2.05, 4.69) is 15.5 Å². The van der Waals surface area contributed by atoms with E-state index >= 15 is 0 Å². The van der Waals surface area contributed by atoms with Gasteiger partial charge in [-0.3, -0.25) is 0 Å². The standard InChI is InChI=1S/C11H11ClFN3S/c1-2-14-6-9-15-16-11(17-9)10-7(12)4-3-5-8(10)13/h3-5,14H,2,6H2,1H3. The van der Waals surface area contributed by atoms with Crippen LogP contribution >= 0.6 is 22.9 Å². The van der Waals surface area contributed by atoms with E-state index in [0.717, 1.165) is 11.6 Å². The van der Waals surface area contributed by atoms with Gasteiger partial charge in [0.15, 0.2) is 5.01 Å². The fraction of sp³-hybridized carbons (Fsp3) is 0.273. The lowest BCUT2D eigenvalue weighted by molar-refractivity contribution is 0.631. The minimum atomic E-state index is -0.372. The molecule has 90 valence electrons. The molecule has 0 atom stereocenters. The van der Waals surface area contributed by atoms with Crippen LogP contribution in [0.4, 0.5) is 4.39 Å². The van der Waals surface area contributed by atoms with Crippen molar-refractivity contribution in [1.29, 1.82) is 0 Å². The van der Waals surface area contributed by atoms with Crippen molar-refractivity contribution in [2.75, 3.05) is 6.54 Å². The predicted octanol–water partition coefficient (Wildman–Crippen LogP) is 3.11. The summed E-state index contributed by atoms with van der Waals surface area (Å²) in [5, 5.41) is 12.8. The molecule has 0 aliphatic carbocycles. The zero-order chi connectivity index (χ0) is 12.3. The summed E-state index contributed by atoms with van der Waals surface area (Å²) in [5.74, 6) is -0.372. The topological polar surface area (TPSA) is 37.8 Å². The Labute approximate surface area is 108 Å². The molecule has 2 rings (SSSR count). The van der Waals surface area contributed by atoms with Crippen LogP contribution in [-0.4, -0.2) is 16.7 Å². The van der Waals surface area contributed by atoms with Gasteiger partial charge < -0.3 is 5.32 Å². The van der Waals surface area contributed by atoms with E-state index in [1.54, 1.807) is 12.1 Å². The lowest BCUT2D eigenvalue weighted by Crippen LogP contribution is -2.11. The van der Waals surface area contributed by atoms with Gasteiger partial charge in [-0.2, -0.15) is 0 Å². The Morgan fingerprint density at radius 1 is 1.41 bits per heavy atom. The number of hydrogen-bond donors (Lipinski definition) is 1. The molecule has 2 aromatic rings. The molecular formula is C11H11ClFN3S. The number of aromatic nitrogens is 2. The van der Waals surface area contributed by atoms with Gasteiger partial charge in [-0.25, -0.2) is 4.39 Å². The molecule has 0 saturated carbocycles. The van der Waals surface area contributed by atoms with E-state index in [-0.39, 0.29) is 5.82 Å². The van der Waals surface area contributed by atoms with Crippen LogP contribution in [0, 0.1) is 5.82 Å². The Hall–Kier alpha value is -1.04. The second kappa shape index (κ2) is 5.53. The number of nitrogens with one attached hydrogen (secondary N) is 1. The van der Waals surface area contributed by atoms with E-state index < -0.39 is 0 Å². The number of nitrogens with zero attached hydrogens (tertiary/aromatic N) is 2. The van der Waals surface area contributed by atoms with Gasteiger partial charge in [0, 0.05) is 6.54 Å². The Kier molecular flexibility index (Phi) is 4.04. The molecule has 0 fully saturated rings. The van der Waals surface area contributed by atoms with Crippen molar-refractivity contribution in [3.8, 4) is 10.6 Å².